The molecule has 0 amide bonds. The molecule has 2 aromatic rings. The van der Waals surface area contributed by atoms with Gasteiger partial charge in [-0.25, -0.2) is 4.99 Å². The highest BCUT2D eigenvalue weighted by Gasteiger charge is 2.03. The molecule has 0 aliphatic heterocycles. The van der Waals surface area contributed by atoms with Crippen molar-refractivity contribution in [3.63, 3.8) is 0 Å². The minimum atomic E-state index is 0. The standard InChI is InChI=1S/C20H27N3O2.HI/c1-4-21-20(23-15-16-9-11-18(24-2)12-10-16)22-14-13-17-7-5-6-8-19(17)25-3;/h5-12H,4,13-15H2,1-3H3,(H2,21,22,23);1H. The molecule has 0 saturated heterocycles. The number of hydrogen-bond acceptors (Lipinski definition) is 3. The van der Waals surface area contributed by atoms with Crippen molar-refractivity contribution in [2.75, 3.05) is 27.3 Å². The highest BCUT2D eigenvalue weighted by molar-refractivity contribution is 14.0. The Kier molecular flexibility index (Phi) is 10.5. The molecular weight excluding hydrogens is 441 g/mol. The van der Waals surface area contributed by atoms with Crippen LogP contribution in [0.4, 0.5) is 0 Å². The lowest BCUT2D eigenvalue weighted by Gasteiger charge is -2.13. The van der Waals surface area contributed by atoms with E-state index < -0.39 is 0 Å². The van der Waals surface area contributed by atoms with Gasteiger partial charge in [0.15, 0.2) is 5.96 Å². The number of guanidine groups is 1. The third kappa shape index (κ3) is 7.11. The van der Waals surface area contributed by atoms with E-state index in [0.717, 1.165) is 42.5 Å². The van der Waals surface area contributed by atoms with Crippen molar-refractivity contribution in [1.82, 2.24) is 10.6 Å². The van der Waals surface area contributed by atoms with Gasteiger partial charge in [0.05, 0.1) is 20.8 Å². The first-order valence-electron chi connectivity index (χ1n) is 8.53. The van der Waals surface area contributed by atoms with E-state index >= 15 is 0 Å². The monoisotopic (exact) mass is 469 g/mol. The van der Waals surface area contributed by atoms with Crippen LogP contribution in [0, 0.1) is 0 Å². The Hall–Kier alpha value is -1.96. The Labute approximate surface area is 173 Å². The first-order valence-corrected chi connectivity index (χ1v) is 8.53. The summed E-state index contributed by atoms with van der Waals surface area (Å²) in [6.07, 6.45) is 0.872. The molecule has 2 N–H and O–H groups in total. The van der Waals surface area contributed by atoms with Crippen LogP contribution >= 0.6 is 24.0 Å². The predicted molar refractivity (Wildman–Crippen MR) is 118 cm³/mol. The SMILES string of the molecule is CCNC(=NCc1ccc(OC)cc1)NCCc1ccccc1OC.I. The van der Waals surface area contributed by atoms with E-state index in [4.69, 9.17) is 9.47 Å². The van der Waals surface area contributed by atoms with Crippen LogP contribution < -0.4 is 20.1 Å². The van der Waals surface area contributed by atoms with E-state index in [1.165, 1.54) is 5.56 Å². The fourth-order valence-corrected chi connectivity index (χ4v) is 2.47. The van der Waals surface area contributed by atoms with Crippen LogP contribution in [0.25, 0.3) is 0 Å². The smallest absolute Gasteiger partial charge is 0.191 e. The molecule has 0 saturated carbocycles. The molecule has 0 radical (unpaired) electrons. The van der Waals surface area contributed by atoms with Crippen LogP contribution in [0.1, 0.15) is 18.1 Å². The van der Waals surface area contributed by atoms with E-state index in [2.05, 4.69) is 28.6 Å². The van der Waals surface area contributed by atoms with E-state index in [1.54, 1.807) is 14.2 Å². The molecule has 5 nitrogen and oxygen atoms in total. The van der Waals surface area contributed by atoms with Gasteiger partial charge in [0.1, 0.15) is 11.5 Å². The lowest BCUT2D eigenvalue weighted by Crippen LogP contribution is -2.38. The van der Waals surface area contributed by atoms with Crippen molar-refractivity contribution in [2.45, 2.75) is 19.9 Å². The van der Waals surface area contributed by atoms with E-state index in [-0.39, 0.29) is 24.0 Å². The second-order valence-corrected chi connectivity index (χ2v) is 5.53. The average Bonchev–Trinajstić information content (AvgIpc) is 2.67. The summed E-state index contributed by atoms with van der Waals surface area (Å²) in [4.78, 5) is 4.64. The number of nitrogens with one attached hydrogen (secondary N) is 2. The van der Waals surface area contributed by atoms with Crippen LogP contribution in [0.5, 0.6) is 11.5 Å². The maximum Gasteiger partial charge on any atom is 0.191 e. The Morgan fingerprint density at radius 2 is 1.69 bits per heavy atom. The lowest BCUT2D eigenvalue weighted by atomic mass is 10.1. The van der Waals surface area contributed by atoms with Gasteiger partial charge in [-0.1, -0.05) is 30.3 Å². The predicted octanol–water partition coefficient (Wildman–Crippen LogP) is 3.62. The molecule has 2 rings (SSSR count). The summed E-state index contributed by atoms with van der Waals surface area (Å²) < 4.78 is 10.6. The number of hydrogen-bond donors (Lipinski definition) is 2. The molecule has 0 aliphatic rings. The number of halogens is 1. The maximum absolute atomic E-state index is 5.39. The lowest BCUT2D eigenvalue weighted by molar-refractivity contribution is 0.409. The van der Waals surface area contributed by atoms with Crippen molar-refractivity contribution in [2.24, 2.45) is 4.99 Å². The fourth-order valence-electron chi connectivity index (χ4n) is 2.47. The molecule has 142 valence electrons. The third-order valence-electron chi connectivity index (χ3n) is 3.80. The molecule has 6 heteroatoms. The summed E-state index contributed by atoms with van der Waals surface area (Å²) in [5.41, 5.74) is 2.33. The molecule has 0 aliphatic carbocycles. The molecule has 0 atom stereocenters. The highest BCUT2D eigenvalue weighted by Crippen LogP contribution is 2.17. The first kappa shape index (κ1) is 22.1. The van der Waals surface area contributed by atoms with Gasteiger partial charge in [0.25, 0.3) is 0 Å². The molecular formula is C20H28IN3O2. The van der Waals surface area contributed by atoms with Gasteiger partial charge in [-0.2, -0.15) is 0 Å². The van der Waals surface area contributed by atoms with Crippen LogP contribution in [-0.4, -0.2) is 33.3 Å². The van der Waals surface area contributed by atoms with Gasteiger partial charge in [0.2, 0.25) is 0 Å². The molecule has 0 aromatic heterocycles. The summed E-state index contributed by atoms with van der Waals surface area (Å²) >= 11 is 0. The Morgan fingerprint density at radius 3 is 2.35 bits per heavy atom. The fraction of sp³-hybridized carbons (Fsp3) is 0.350. The van der Waals surface area contributed by atoms with Gasteiger partial charge in [-0.05, 0) is 42.7 Å². The second kappa shape index (κ2) is 12.4. The van der Waals surface area contributed by atoms with E-state index in [0.29, 0.717) is 6.54 Å². The number of methoxy groups -OCH3 is 2. The molecule has 0 fully saturated rings. The Balaban J connectivity index is 0.00000338. The zero-order valence-electron chi connectivity index (χ0n) is 15.6. The van der Waals surface area contributed by atoms with Crippen molar-refractivity contribution in [3.8, 4) is 11.5 Å². The summed E-state index contributed by atoms with van der Waals surface area (Å²) in [7, 11) is 3.37. The Morgan fingerprint density at radius 1 is 0.962 bits per heavy atom. The number of aliphatic imine (C=N–C) groups is 1. The zero-order valence-corrected chi connectivity index (χ0v) is 17.9. The molecule has 0 spiro atoms. The van der Waals surface area contributed by atoms with E-state index in [9.17, 15) is 0 Å². The molecule has 0 bridgehead atoms. The summed E-state index contributed by atoms with van der Waals surface area (Å²) in [6.45, 7) is 4.29. The number of rotatable bonds is 8. The minimum Gasteiger partial charge on any atom is -0.497 e. The molecule has 0 unspecified atom stereocenters. The van der Waals surface area contributed by atoms with Crippen molar-refractivity contribution in [1.29, 1.82) is 0 Å². The number of benzene rings is 2. The molecule has 2 aromatic carbocycles. The van der Waals surface area contributed by atoms with Crippen LogP contribution in [0.3, 0.4) is 0 Å². The molecule has 0 heterocycles. The quantitative estimate of drug-likeness (QED) is 0.353. The van der Waals surface area contributed by atoms with Gasteiger partial charge in [-0.15, -0.1) is 24.0 Å². The maximum atomic E-state index is 5.39. The van der Waals surface area contributed by atoms with Crippen molar-refractivity contribution >= 4 is 29.9 Å². The van der Waals surface area contributed by atoms with E-state index in [1.807, 2.05) is 42.5 Å². The number of ether oxygens (including phenoxy) is 2. The Bertz CT molecular complexity index is 675. The van der Waals surface area contributed by atoms with Crippen molar-refractivity contribution < 1.29 is 9.47 Å². The largest absolute Gasteiger partial charge is 0.497 e. The van der Waals surface area contributed by atoms with Crippen molar-refractivity contribution in [3.05, 3.63) is 59.7 Å². The highest BCUT2D eigenvalue weighted by atomic mass is 127. The van der Waals surface area contributed by atoms with Gasteiger partial charge >= 0.3 is 0 Å². The minimum absolute atomic E-state index is 0. The third-order valence-corrected chi connectivity index (χ3v) is 3.80. The summed E-state index contributed by atoms with van der Waals surface area (Å²) in [5.74, 6) is 2.59. The molecule has 26 heavy (non-hydrogen) atoms. The average molecular weight is 469 g/mol. The number of para-hydroxylation sites is 1. The van der Waals surface area contributed by atoms with Gasteiger partial charge in [0, 0.05) is 13.1 Å². The number of nitrogens with zero attached hydrogens (tertiary/aromatic N) is 1. The second-order valence-electron chi connectivity index (χ2n) is 5.53. The van der Waals surface area contributed by atoms with Crippen LogP contribution in [0.15, 0.2) is 53.5 Å². The first-order chi connectivity index (χ1) is 12.3. The topological polar surface area (TPSA) is 54.9 Å². The van der Waals surface area contributed by atoms with Crippen LogP contribution in [0.2, 0.25) is 0 Å². The summed E-state index contributed by atoms with van der Waals surface area (Å²) in [5, 5.41) is 6.65. The zero-order chi connectivity index (χ0) is 17.9. The summed E-state index contributed by atoms with van der Waals surface area (Å²) in [6, 6.07) is 16.0. The normalized spacial score (nSPS) is 10.7. The van der Waals surface area contributed by atoms with Crippen LogP contribution in [-0.2, 0) is 13.0 Å². The van der Waals surface area contributed by atoms with Gasteiger partial charge in [-0.3, -0.25) is 0 Å². The van der Waals surface area contributed by atoms with Gasteiger partial charge < -0.3 is 20.1 Å².